The van der Waals surface area contributed by atoms with Crippen molar-refractivity contribution in [3.05, 3.63) is 41.1 Å². The lowest BCUT2D eigenvalue weighted by molar-refractivity contribution is 0.0933. The van der Waals surface area contributed by atoms with Crippen molar-refractivity contribution in [2.75, 3.05) is 11.5 Å². The third kappa shape index (κ3) is 7.74. The maximum absolute atomic E-state index is 13.6. The van der Waals surface area contributed by atoms with E-state index in [9.17, 15) is 13.2 Å². The van der Waals surface area contributed by atoms with Crippen LogP contribution in [0.25, 0.3) is 11.3 Å². The molecule has 222 valence electrons. The van der Waals surface area contributed by atoms with E-state index >= 15 is 0 Å². The molecule has 1 saturated carbocycles. The van der Waals surface area contributed by atoms with Crippen molar-refractivity contribution in [3.8, 4) is 11.3 Å². The van der Waals surface area contributed by atoms with Gasteiger partial charge in [0.25, 0.3) is 5.91 Å². The molecule has 1 aromatic carbocycles. The monoisotopic (exact) mass is 587 g/mol. The summed E-state index contributed by atoms with van der Waals surface area (Å²) in [6, 6.07) is 8.38. The Balaban J connectivity index is 1.74. The van der Waals surface area contributed by atoms with Gasteiger partial charge in [0.1, 0.15) is 11.0 Å². The minimum Gasteiger partial charge on any atom is -0.349 e. The van der Waals surface area contributed by atoms with Crippen LogP contribution in [-0.4, -0.2) is 42.0 Å². The van der Waals surface area contributed by atoms with Crippen LogP contribution in [0.4, 0.5) is 0 Å². The van der Waals surface area contributed by atoms with E-state index < -0.39 is 21.8 Å². The zero-order valence-corrected chi connectivity index (χ0v) is 27.2. The number of amides is 1. The summed E-state index contributed by atoms with van der Waals surface area (Å²) in [6.45, 7) is 15.5. The van der Waals surface area contributed by atoms with Crippen molar-refractivity contribution in [1.82, 2.24) is 14.6 Å². The third-order valence-corrected chi connectivity index (χ3v) is 11.1. The first-order valence-corrected chi connectivity index (χ1v) is 17.6. The number of nitrogens with zero attached hydrogens (tertiary/aromatic N) is 1. The van der Waals surface area contributed by atoms with Crippen molar-refractivity contribution in [2.24, 2.45) is 5.92 Å². The van der Waals surface area contributed by atoms with E-state index in [1.807, 2.05) is 26.8 Å². The van der Waals surface area contributed by atoms with Gasteiger partial charge in [0.2, 0.25) is 0 Å². The maximum atomic E-state index is 13.6. The van der Waals surface area contributed by atoms with Crippen LogP contribution < -0.4 is 10.0 Å². The average molecular weight is 588 g/mol. The molecule has 2 aliphatic rings. The number of carbonyl (C=O) groups is 1. The van der Waals surface area contributed by atoms with E-state index in [-0.39, 0.29) is 22.9 Å². The summed E-state index contributed by atoms with van der Waals surface area (Å²) in [6.07, 6.45) is 7.83. The molecule has 1 amide bonds. The Morgan fingerprint density at radius 1 is 1.00 bits per heavy atom. The number of rotatable bonds is 7. The molecule has 1 saturated heterocycles. The van der Waals surface area contributed by atoms with E-state index in [2.05, 4.69) is 60.5 Å². The van der Waals surface area contributed by atoms with Gasteiger partial charge < -0.3 is 9.88 Å². The van der Waals surface area contributed by atoms with Gasteiger partial charge in [-0.25, -0.2) is 8.93 Å². The lowest BCUT2D eigenvalue weighted by Crippen LogP contribution is -2.39. The molecule has 2 heterocycles. The van der Waals surface area contributed by atoms with Crippen molar-refractivity contribution in [3.63, 3.8) is 0 Å². The van der Waals surface area contributed by atoms with Crippen LogP contribution in [0.1, 0.15) is 108 Å². The first kappa shape index (κ1) is 31.2. The van der Waals surface area contributed by atoms with Crippen molar-refractivity contribution < 1.29 is 13.2 Å². The number of benzene rings is 1. The fourth-order valence-corrected chi connectivity index (χ4v) is 8.67. The highest BCUT2D eigenvalue weighted by Crippen LogP contribution is 2.36. The molecule has 2 aromatic rings. The Labute approximate surface area is 246 Å². The smallest absolute Gasteiger partial charge is 0.253 e. The highest BCUT2D eigenvalue weighted by Gasteiger charge is 2.28. The van der Waals surface area contributed by atoms with Crippen molar-refractivity contribution in [1.29, 1.82) is 0 Å². The molecule has 2 fully saturated rings. The second-order valence-corrected chi connectivity index (χ2v) is 16.7. The van der Waals surface area contributed by atoms with Gasteiger partial charge >= 0.3 is 0 Å². The first-order chi connectivity index (χ1) is 18.7. The average Bonchev–Trinajstić information content (AvgIpc) is 3.20. The Bertz CT molecular complexity index is 1250. The van der Waals surface area contributed by atoms with Crippen LogP contribution in [0.5, 0.6) is 0 Å². The first-order valence-electron chi connectivity index (χ1n) is 14.9. The summed E-state index contributed by atoms with van der Waals surface area (Å²) in [5.41, 5.74) is 4.37. The predicted molar refractivity (Wildman–Crippen MR) is 168 cm³/mol. The minimum absolute atomic E-state index is 0.0398. The molecule has 1 aliphatic carbocycles. The van der Waals surface area contributed by atoms with Gasteiger partial charge in [-0.2, -0.15) is 0 Å². The molecule has 8 heteroatoms. The number of hydrogen-bond acceptors (Lipinski definition) is 3. The molecule has 4 rings (SSSR count). The predicted octanol–water partition coefficient (Wildman–Crippen LogP) is 6.39. The summed E-state index contributed by atoms with van der Waals surface area (Å²) in [4.78, 5) is 14.4. The van der Waals surface area contributed by atoms with Gasteiger partial charge in [0.05, 0.1) is 10.5 Å². The second-order valence-electron chi connectivity index (χ2n) is 13.8. The topological polar surface area (TPSA) is 80.2 Å². The Morgan fingerprint density at radius 3 is 2.25 bits per heavy atom. The van der Waals surface area contributed by atoms with Gasteiger partial charge in [0, 0.05) is 51.8 Å². The summed E-state index contributed by atoms with van der Waals surface area (Å²) in [5, 5.41) is 3.24. The van der Waals surface area contributed by atoms with Gasteiger partial charge in [-0.3, -0.25) is 9.00 Å². The highest BCUT2D eigenvalue weighted by molar-refractivity contribution is 7.85. The van der Waals surface area contributed by atoms with Gasteiger partial charge in [-0.15, -0.1) is 0 Å². The molecule has 40 heavy (non-hydrogen) atoms. The van der Waals surface area contributed by atoms with Crippen LogP contribution in [0.2, 0.25) is 0 Å². The van der Waals surface area contributed by atoms with Crippen LogP contribution in [0.3, 0.4) is 0 Å². The SMILES string of the molecule is Cc1c(C(=O)NC2CCS(=O)CC2)cc(-c2ccc(S(=O)NC(C)(C)C)c(C(C)(C)C)c2)n1CC1CCCCC1. The van der Waals surface area contributed by atoms with Crippen molar-refractivity contribution >= 4 is 27.7 Å². The van der Waals surface area contributed by atoms with Gasteiger partial charge in [-0.1, -0.05) is 46.1 Å². The molecule has 0 spiro atoms. The fourth-order valence-electron chi connectivity index (χ4n) is 5.95. The summed E-state index contributed by atoms with van der Waals surface area (Å²) in [7, 11) is -2.10. The largest absolute Gasteiger partial charge is 0.349 e. The molecule has 0 radical (unpaired) electrons. The molecular formula is C32H49N3O3S2. The molecule has 1 aromatic heterocycles. The van der Waals surface area contributed by atoms with Crippen molar-refractivity contribution in [2.45, 2.75) is 122 Å². The Kier molecular flexibility index (Phi) is 9.83. The van der Waals surface area contributed by atoms with E-state index in [4.69, 9.17) is 0 Å². The summed E-state index contributed by atoms with van der Waals surface area (Å²) >= 11 is 0. The lowest BCUT2D eigenvalue weighted by Gasteiger charge is -2.27. The maximum Gasteiger partial charge on any atom is 0.253 e. The molecule has 0 bridgehead atoms. The Hall–Kier alpha value is -1.77. The lowest BCUT2D eigenvalue weighted by atomic mass is 9.85. The zero-order chi connectivity index (χ0) is 29.2. The van der Waals surface area contributed by atoms with Crippen LogP contribution in [0.15, 0.2) is 29.2 Å². The standard InChI is InChI=1S/C32H49N3O3S2/c1-22-26(30(36)33-25-15-17-39(37)18-16-25)20-28(35(22)21-23-11-9-8-10-12-23)24-13-14-29(27(19-24)31(2,3)4)40(38)34-32(5,6)7/h13-14,19-20,23,25,34H,8-12,15-18,21H2,1-7H3,(H,33,36). The molecule has 1 aliphatic heterocycles. The molecule has 6 nitrogen and oxygen atoms in total. The van der Waals surface area contributed by atoms with E-state index in [0.717, 1.165) is 52.4 Å². The molecule has 1 atom stereocenters. The molecule has 1 unspecified atom stereocenters. The highest BCUT2D eigenvalue weighted by atomic mass is 32.2. The second kappa shape index (κ2) is 12.6. The molecular weight excluding hydrogens is 539 g/mol. The van der Waals surface area contributed by atoms with E-state index in [1.54, 1.807) is 0 Å². The summed E-state index contributed by atoms with van der Waals surface area (Å²) < 4.78 is 30.8. The fraction of sp³-hybridized carbons (Fsp3) is 0.656. The number of nitrogens with one attached hydrogen (secondary N) is 2. The van der Waals surface area contributed by atoms with Gasteiger partial charge in [0.15, 0.2) is 0 Å². The number of aromatic nitrogens is 1. The van der Waals surface area contributed by atoms with E-state index in [0.29, 0.717) is 17.4 Å². The van der Waals surface area contributed by atoms with E-state index in [1.165, 1.54) is 32.1 Å². The third-order valence-electron chi connectivity index (χ3n) is 8.18. The van der Waals surface area contributed by atoms with Crippen LogP contribution in [0, 0.1) is 12.8 Å². The zero-order valence-electron chi connectivity index (χ0n) is 25.5. The molecule has 2 N–H and O–H groups in total. The Morgan fingerprint density at radius 2 is 1.65 bits per heavy atom. The summed E-state index contributed by atoms with van der Waals surface area (Å²) in [5.74, 6) is 1.88. The van der Waals surface area contributed by atoms with Crippen LogP contribution in [-0.2, 0) is 33.7 Å². The normalized spacial score (nSPS) is 21.8. The van der Waals surface area contributed by atoms with Gasteiger partial charge in [-0.05, 0) is 94.0 Å². The number of carbonyl (C=O) groups excluding carboxylic acids is 1. The van der Waals surface area contributed by atoms with Crippen LogP contribution >= 0.6 is 0 Å². The quantitative estimate of drug-likeness (QED) is 0.394. The number of hydrogen-bond donors (Lipinski definition) is 2. The minimum atomic E-state index is -1.34.